The van der Waals surface area contributed by atoms with Crippen LogP contribution in [-0.2, 0) is 11.2 Å². The van der Waals surface area contributed by atoms with Crippen molar-refractivity contribution < 1.29 is 9.59 Å². The van der Waals surface area contributed by atoms with E-state index in [4.69, 9.17) is 0 Å². The maximum atomic E-state index is 10.8. The van der Waals surface area contributed by atoms with Crippen molar-refractivity contribution in [1.82, 2.24) is 0 Å². The maximum absolute atomic E-state index is 10.8. The Morgan fingerprint density at radius 3 is 2.85 bits per heavy atom. The molecule has 0 spiro atoms. The molecule has 1 aromatic rings. The molecule has 0 bridgehead atoms. The number of anilines is 1. The highest BCUT2D eigenvalue weighted by molar-refractivity contribution is 7.16. The summed E-state index contributed by atoms with van der Waals surface area (Å²) < 4.78 is 0. The van der Waals surface area contributed by atoms with Gasteiger partial charge >= 0.3 is 0 Å². The first-order chi connectivity index (χ1) is 6.17. The summed E-state index contributed by atoms with van der Waals surface area (Å²) in [7, 11) is 0. The standard InChI is InChI=1S/C9H11NO2S/c1-3-8-4-7(5-11)9(13-8)10-6(2)12/h4-5H,3H2,1-2H3,(H,10,12). The number of hydrogen-bond donors (Lipinski definition) is 1. The van der Waals surface area contributed by atoms with E-state index < -0.39 is 0 Å². The molecule has 1 amide bonds. The van der Waals surface area contributed by atoms with Gasteiger partial charge in [0.25, 0.3) is 0 Å². The lowest BCUT2D eigenvalue weighted by atomic mass is 10.3. The Morgan fingerprint density at radius 2 is 2.38 bits per heavy atom. The number of aryl methyl sites for hydroxylation is 1. The molecule has 0 atom stereocenters. The Morgan fingerprint density at radius 1 is 1.69 bits per heavy atom. The molecule has 0 aromatic carbocycles. The Hall–Kier alpha value is -1.16. The summed E-state index contributed by atoms with van der Waals surface area (Å²) in [6.07, 6.45) is 1.64. The van der Waals surface area contributed by atoms with Gasteiger partial charge in [-0.2, -0.15) is 0 Å². The van der Waals surface area contributed by atoms with Gasteiger partial charge in [-0.3, -0.25) is 9.59 Å². The van der Waals surface area contributed by atoms with E-state index in [1.54, 1.807) is 0 Å². The molecule has 0 aliphatic heterocycles. The van der Waals surface area contributed by atoms with E-state index in [1.165, 1.54) is 18.3 Å². The Labute approximate surface area is 80.8 Å². The van der Waals surface area contributed by atoms with Crippen molar-refractivity contribution in [3.63, 3.8) is 0 Å². The van der Waals surface area contributed by atoms with Crippen molar-refractivity contribution in [3.8, 4) is 0 Å². The van der Waals surface area contributed by atoms with E-state index in [2.05, 4.69) is 5.32 Å². The molecule has 0 aliphatic rings. The molecule has 0 saturated heterocycles. The first kappa shape index (κ1) is 9.92. The molecule has 1 aromatic heterocycles. The summed E-state index contributed by atoms with van der Waals surface area (Å²) >= 11 is 1.45. The van der Waals surface area contributed by atoms with E-state index in [-0.39, 0.29) is 5.91 Å². The van der Waals surface area contributed by atoms with Crippen LogP contribution in [0.2, 0.25) is 0 Å². The highest BCUT2D eigenvalue weighted by Crippen LogP contribution is 2.26. The zero-order chi connectivity index (χ0) is 9.84. The van der Waals surface area contributed by atoms with Crippen molar-refractivity contribution in [2.24, 2.45) is 0 Å². The normalized spacial score (nSPS) is 9.69. The van der Waals surface area contributed by atoms with Gasteiger partial charge in [0.2, 0.25) is 5.91 Å². The van der Waals surface area contributed by atoms with Gasteiger partial charge in [0.05, 0.1) is 0 Å². The van der Waals surface area contributed by atoms with Gasteiger partial charge in [-0.1, -0.05) is 6.92 Å². The minimum Gasteiger partial charge on any atom is -0.317 e. The van der Waals surface area contributed by atoms with Crippen molar-refractivity contribution in [1.29, 1.82) is 0 Å². The molecule has 0 saturated carbocycles. The topological polar surface area (TPSA) is 46.2 Å². The Bertz CT molecular complexity index is 330. The molecule has 1 N–H and O–H groups in total. The molecule has 70 valence electrons. The number of carbonyl (C=O) groups is 2. The van der Waals surface area contributed by atoms with Crippen LogP contribution < -0.4 is 5.32 Å². The number of nitrogens with one attached hydrogen (secondary N) is 1. The fraction of sp³-hybridized carbons (Fsp3) is 0.333. The van der Waals surface area contributed by atoms with E-state index >= 15 is 0 Å². The monoisotopic (exact) mass is 197 g/mol. The number of rotatable bonds is 3. The number of amides is 1. The lowest BCUT2D eigenvalue weighted by molar-refractivity contribution is -0.114. The van der Waals surface area contributed by atoms with Crippen LogP contribution in [-0.4, -0.2) is 12.2 Å². The molecule has 0 aliphatic carbocycles. The van der Waals surface area contributed by atoms with Crippen LogP contribution >= 0.6 is 11.3 Å². The van der Waals surface area contributed by atoms with Crippen molar-refractivity contribution >= 4 is 28.5 Å². The predicted octanol–water partition coefficient (Wildman–Crippen LogP) is 2.08. The first-order valence-electron chi connectivity index (χ1n) is 4.02. The zero-order valence-corrected chi connectivity index (χ0v) is 8.40. The van der Waals surface area contributed by atoms with E-state index in [1.807, 2.05) is 13.0 Å². The van der Waals surface area contributed by atoms with E-state index in [0.717, 1.165) is 17.6 Å². The lowest BCUT2D eigenvalue weighted by Gasteiger charge is -1.96. The average Bonchev–Trinajstić information content (AvgIpc) is 2.46. The third-order valence-electron chi connectivity index (χ3n) is 1.58. The largest absolute Gasteiger partial charge is 0.317 e. The molecule has 0 radical (unpaired) electrons. The summed E-state index contributed by atoms with van der Waals surface area (Å²) in [6.45, 7) is 3.44. The molecule has 1 heterocycles. The third-order valence-corrected chi connectivity index (χ3v) is 2.79. The van der Waals surface area contributed by atoms with Crippen LogP contribution in [0.3, 0.4) is 0 Å². The number of carbonyl (C=O) groups excluding carboxylic acids is 2. The predicted molar refractivity (Wildman–Crippen MR) is 53.4 cm³/mol. The summed E-state index contributed by atoms with van der Waals surface area (Å²) in [6, 6.07) is 1.81. The number of thiophene rings is 1. The second kappa shape index (κ2) is 4.18. The quantitative estimate of drug-likeness (QED) is 0.754. The fourth-order valence-corrected chi connectivity index (χ4v) is 1.99. The second-order valence-corrected chi connectivity index (χ2v) is 3.79. The zero-order valence-electron chi connectivity index (χ0n) is 7.59. The summed E-state index contributed by atoms with van der Waals surface area (Å²) in [5.74, 6) is -0.146. The van der Waals surface area contributed by atoms with Gasteiger partial charge in [0.1, 0.15) is 5.00 Å². The van der Waals surface area contributed by atoms with E-state index in [0.29, 0.717) is 10.6 Å². The minimum atomic E-state index is -0.146. The fourth-order valence-electron chi connectivity index (χ4n) is 0.978. The SMILES string of the molecule is CCc1cc(C=O)c(NC(C)=O)s1. The second-order valence-electron chi connectivity index (χ2n) is 2.65. The van der Waals surface area contributed by atoms with E-state index in [9.17, 15) is 9.59 Å². The highest BCUT2D eigenvalue weighted by Gasteiger charge is 2.07. The molecular formula is C9H11NO2S. The summed E-state index contributed by atoms with van der Waals surface area (Å²) in [5, 5.41) is 3.28. The van der Waals surface area contributed by atoms with Gasteiger partial charge in [-0.05, 0) is 12.5 Å². The number of hydrogen-bond acceptors (Lipinski definition) is 3. The van der Waals surface area contributed by atoms with Gasteiger partial charge in [0, 0.05) is 17.4 Å². The smallest absolute Gasteiger partial charge is 0.221 e. The molecule has 4 heteroatoms. The van der Waals surface area contributed by atoms with Gasteiger partial charge < -0.3 is 5.32 Å². The molecule has 0 fully saturated rings. The van der Waals surface area contributed by atoms with Crippen LogP contribution in [0.1, 0.15) is 29.1 Å². The van der Waals surface area contributed by atoms with Crippen LogP contribution in [0, 0.1) is 0 Å². The summed E-state index contributed by atoms with van der Waals surface area (Å²) in [4.78, 5) is 22.5. The van der Waals surface area contributed by atoms with Gasteiger partial charge in [-0.25, -0.2) is 0 Å². The highest BCUT2D eigenvalue weighted by atomic mass is 32.1. The third kappa shape index (κ3) is 2.39. The minimum absolute atomic E-state index is 0.146. The first-order valence-corrected chi connectivity index (χ1v) is 4.84. The maximum Gasteiger partial charge on any atom is 0.221 e. The van der Waals surface area contributed by atoms with Crippen molar-refractivity contribution in [3.05, 3.63) is 16.5 Å². The summed E-state index contributed by atoms with van der Waals surface area (Å²) in [5.41, 5.74) is 0.567. The lowest BCUT2D eigenvalue weighted by Crippen LogP contribution is -2.05. The van der Waals surface area contributed by atoms with Crippen LogP contribution in [0.4, 0.5) is 5.00 Å². The molecule has 13 heavy (non-hydrogen) atoms. The number of aldehydes is 1. The van der Waals surface area contributed by atoms with Crippen molar-refractivity contribution in [2.45, 2.75) is 20.3 Å². The van der Waals surface area contributed by atoms with Crippen LogP contribution in [0.5, 0.6) is 0 Å². The Balaban J connectivity index is 2.96. The van der Waals surface area contributed by atoms with Crippen LogP contribution in [0.15, 0.2) is 6.07 Å². The molecule has 3 nitrogen and oxygen atoms in total. The van der Waals surface area contributed by atoms with Crippen LogP contribution in [0.25, 0.3) is 0 Å². The van der Waals surface area contributed by atoms with Crippen molar-refractivity contribution in [2.75, 3.05) is 5.32 Å². The molecule has 0 unspecified atom stereocenters. The van der Waals surface area contributed by atoms with Gasteiger partial charge in [0.15, 0.2) is 6.29 Å². The Kier molecular flexibility index (Phi) is 3.19. The average molecular weight is 197 g/mol. The molecule has 1 rings (SSSR count). The van der Waals surface area contributed by atoms with Gasteiger partial charge in [-0.15, -0.1) is 11.3 Å². The molecular weight excluding hydrogens is 186 g/mol.